The van der Waals surface area contributed by atoms with Crippen molar-refractivity contribution < 1.29 is 56.3 Å². The Bertz CT molecular complexity index is 1110. The van der Waals surface area contributed by atoms with Gasteiger partial charge < -0.3 is 35.2 Å². The van der Waals surface area contributed by atoms with Crippen molar-refractivity contribution in [3.63, 3.8) is 0 Å². The second-order valence-electron chi connectivity index (χ2n) is 6.21. The molecule has 17 nitrogen and oxygen atoms in total. The van der Waals surface area contributed by atoms with E-state index < -0.39 is 59.8 Å². The fourth-order valence-electron chi connectivity index (χ4n) is 2.54. The molecular weight excluding hydrogens is 503 g/mol. The van der Waals surface area contributed by atoms with Crippen LogP contribution in [0.1, 0.15) is 18.2 Å². The lowest BCUT2D eigenvalue weighted by atomic mass is 10.2. The molecule has 1 aromatic rings. The Morgan fingerprint density at radius 3 is 2.44 bits per heavy atom. The first-order valence-corrected chi connectivity index (χ1v) is 13.0. The maximum Gasteiger partial charge on any atom is 0.490 e. The summed E-state index contributed by atoms with van der Waals surface area (Å²) >= 11 is 0. The minimum atomic E-state index is -5.70. The van der Waals surface area contributed by atoms with Gasteiger partial charge in [-0.2, -0.15) is 8.62 Å². The van der Waals surface area contributed by atoms with Crippen LogP contribution >= 0.6 is 23.5 Å². The van der Waals surface area contributed by atoms with Gasteiger partial charge in [-0.05, 0) is 0 Å². The molecule has 1 aliphatic rings. The minimum Gasteiger partial charge on any atom is -0.390 e. The van der Waals surface area contributed by atoms with Gasteiger partial charge in [-0.3, -0.25) is 18.9 Å². The lowest BCUT2D eigenvalue weighted by molar-refractivity contribution is -0.0450. The summed E-state index contributed by atoms with van der Waals surface area (Å²) in [5.41, 5.74) is 3.81. The van der Waals surface area contributed by atoms with Crippen LogP contribution < -0.4 is 17.0 Å². The van der Waals surface area contributed by atoms with Crippen molar-refractivity contribution in [1.82, 2.24) is 9.55 Å². The van der Waals surface area contributed by atoms with Crippen LogP contribution in [0.2, 0.25) is 0 Å². The van der Waals surface area contributed by atoms with Crippen LogP contribution in [0.15, 0.2) is 21.9 Å². The number of rotatable bonds is 10. The fraction of sp³-hybridized carbons (Fsp3) is 0.500. The van der Waals surface area contributed by atoms with Gasteiger partial charge in [-0.1, -0.05) is 12.2 Å². The van der Waals surface area contributed by atoms with E-state index in [9.17, 15) is 33.3 Å². The van der Waals surface area contributed by atoms with Crippen molar-refractivity contribution in [3.05, 3.63) is 38.7 Å². The van der Waals surface area contributed by atoms with Crippen LogP contribution in [0.5, 0.6) is 0 Å². The second kappa shape index (κ2) is 10.3. The normalized spacial score (nSPS) is 25.6. The van der Waals surface area contributed by atoms with E-state index in [0.29, 0.717) is 0 Å². The van der Waals surface area contributed by atoms with Crippen molar-refractivity contribution in [1.29, 1.82) is 0 Å². The molecule has 2 unspecified atom stereocenters. The SMILES string of the molecule is NCC=Cc1cn([C@H]2C[C@@H](O)[C@@H](COP(=O)(O)OP(=O)(O)OP(=O)(O)O)O2)c(=O)[nH]c1=O. The van der Waals surface area contributed by atoms with E-state index in [1.54, 1.807) is 0 Å². The van der Waals surface area contributed by atoms with E-state index in [1.165, 1.54) is 12.2 Å². The summed E-state index contributed by atoms with van der Waals surface area (Å²) in [7, 11) is -16.7. The highest BCUT2D eigenvalue weighted by molar-refractivity contribution is 7.66. The van der Waals surface area contributed by atoms with E-state index in [-0.39, 0.29) is 18.5 Å². The maximum atomic E-state index is 12.1. The number of nitrogens with two attached hydrogens (primary N) is 1. The molecule has 20 heteroatoms. The molecule has 1 aliphatic heterocycles. The number of nitrogens with zero attached hydrogens (tertiary/aromatic N) is 1. The fourth-order valence-corrected chi connectivity index (χ4v) is 5.57. The largest absolute Gasteiger partial charge is 0.490 e. The third-order valence-corrected chi connectivity index (χ3v) is 7.56. The molecule has 1 aromatic heterocycles. The second-order valence-corrected chi connectivity index (χ2v) is 10.6. The van der Waals surface area contributed by atoms with Crippen LogP contribution in [-0.2, 0) is 31.6 Å². The molecule has 0 spiro atoms. The Morgan fingerprint density at radius 1 is 1.19 bits per heavy atom. The van der Waals surface area contributed by atoms with E-state index in [2.05, 4.69) is 13.1 Å². The van der Waals surface area contributed by atoms with Crippen molar-refractivity contribution in [2.75, 3.05) is 13.2 Å². The smallest absolute Gasteiger partial charge is 0.390 e. The minimum absolute atomic E-state index is 0.0600. The Kier molecular flexibility index (Phi) is 8.70. The zero-order chi connectivity index (χ0) is 24.3. The number of phosphoric ester groups is 1. The number of aromatic amines is 1. The standard InChI is InChI=1S/C12H20N3O14P3/c13-3-1-2-7-5-15(12(18)14-11(7)17)10-4-8(16)9(27-10)6-26-31(22,23)29-32(24,25)28-30(19,20)21/h1-2,5,8-10,16H,3-4,6,13H2,(H,22,23)(H,24,25)(H,14,17,18)(H2,19,20,21)/t8-,9-,10-/m1/s1. The average molecular weight is 523 g/mol. The van der Waals surface area contributed by atoms with Crippen molar-refractivity contribution in [2.24, 2.45) is 5.73 Å². The van der Waals surface area contributed by atoms with Gasteiger partial charge >= 0.3 is 29.2 Å². The molecule has 0 aromatic carbocycles. The van der Waals surface area contributed by atoms with Gasteiger partial charge in [0.1, 0.15) is 12.3 Å². The number of hydrogen-bond acceptors (Lipinski definition) is 11. The summed E-state index contributed by atoms with van der Waals surface area (Å²) in [5.74, 6) is 0. The molecule has 0 radical (unpaired) electrons. The molecule has 0 saturated carbocycles. The van der Waals surface area contributed by atoms with Crippen LogP contribution in [0.4, 0.5) is 0 Å². The van der Waals surface area contributed by atoms with Gasteiger partial charge in [0.05, 0.1) is 18.3 Å². The van der Waals surface area contributed by atoms with Gasteiger partial charge in [-0.15, -0.1) is 0 Å². The molecule has 32 heavy (non-hydrogen) atoms. The summed E-state index contributed by atoms with van der Waals surface area (Å²) in [4.78, 5) is 61.5. The van der Waals surface area contributed by atoms with E-state index in [1.807, 2.05) is 4.98 Å². The first-order chi connectivity index (χ1) is 14.6. The Labute approximate surface area is 178 Å². The van der Waals surface area contributed by atoms with Gasteiger partial charge in [0.25, 0.3) is 5.56 Å². The molecule has 182 valence electrons. The summed E-state index contributed by atoms with van der Waals surface area (Å²) in [5, 5.41) is 10.1. The highest BCUT2D eigenvalue weighted by Gasteiger charge is 2.43. The van der Waals surface area contributed by atoms with Gasteiger partial charge in [0, 0.05) is 19.2 Å². The Morgan fingerprint density at radius 2 is 1.84 bits per heavy atom. The number of hydrogen-bond donors (Lipinski definition) is 7. The third-order valence-electron chi connectivity index (χ3n) is 3.76. The molecule has 8 N–H and O–H groups in total. The summed E-state index contributed by atoms with van der Waals surface area (Å²) in [6.45, 7) is -0.778. The number of phosphoric acid groups is 3. The van der Waals surface area contributed by atoms with E-state index >= 15 is 0 Å². The average Bonchev–Trinajstić information content (AvgIpc) is 2.97. The molecule has 2 rings (SSSR count). The van der Waals surface area contributed by atoms with Crippen LogP contribution in [0, 0.1) is 0 Å². The van der Waals surface area contributed by atoms with Crippen LogP contribution in [0.3, 0.4) is 0 Å². The first kappa shape index (κ1) is 27.0. The van der Waals surface area contributed by atoms with Gasteiger partial charge in [-0.25, -0.2) is 18.5 Å². The van der Waals surface area contributed by atoms with Crippen LogP contribution in [-0.4, -0.2) is 59.6 Å². The number of H-pyrrole nitrogens is 1. The lowest BCUT2D eigenvalue weighted by Crippen LogP contribution is -2.33. The highest BCUT2D eigenvalue weighted by atomic mass is 31.3. The summed E-state index contributed by atoms with van der Waals surface area (Å²) < 4.78 is 51.6. The molecular formula is C12H20N3O14P3. The molecule has 0 amide bonds. The van der Waals surface area contributed by atoms with Crippen molar-refractivity contribution in [2.45, 2.75) is 24.9 Å². The highest BCUT2D eigenvalue weighted by Crippen LogP contribution is 2.66. The zero-order valence-corrected chi connectivity index (χ0v) is 18.5. The zero-order valence-electron chi connectivity index (χ0n) is 15.9. The number of ether oxygens (including phenoxy) is 1. The van der Waals surface area contributed by atoms with Crippen molar-refractivity contribution in [3.8, 4) is 0 Å². The van der Waals surface area contributed by atoms with Gasteiger partial charge in [0.15, 0.2) is 0 Å². The quantitative estimate of drug-likeness (QED) is 0.172. The summed E-state index contributed by atoms with van der Waals surface area (Å²) in [6, 6.07) is 0. The summed E-state index contributed by atoms with van der Waals surface area (Å²) in [6.07, 6.45) is -0.0802. The molecule has 0 aliphatic carbocycles. The molecule has 0 bridgehead atoms. The molecule has 1 fully saturated rings. The van der Waals surface area contributed by atoms with Crippen LogP contribution in [0.25, 0.3) is 6.08 Å². The lowest BCUT2D eigenvalue weighted by Gasteiger charge is -2.19. The first-order valence-electron chi connectivity index (χ1n) is 8.46. The number of nitrogens with one attached hydrogen (secondary N) is 1. The topological polar surface area (TPSA) is 270 Å². The van der Waals surface area contributed by atoms with E-state index in [4.69, 9.17) is 25.2 Å². The Balaban J connectivity index is 2.08. The maximum absolute atomic E-state index is 12.1. The monoisotopic (exact) mass is 523 g/mol. The van der Waals surface area contributed by atoms with Gasteiger partial charge in [0.2, 0.25) is 0 Å². The number of aromatic nitrogens is 2. The van der Waals surface area contributed by atoms with E-state index in [0.717, 1.165) is 10.8 Å². The molecule has 1 saturated heterocycles. The molecule has 5 atom stereocenters. The predicted octanol–water partition coefficient (Wildman–Crippen LogP) is -1.50. The number of aliphatic hydroxyl groups is 1. The Hall–Kier alpha value is -1.29. The molecule has 2 heterocycles. The van der Waals surface area contributed by atoms with Crippen molar-refractivity contribution >= 4 is 29.5 Å². The number of aliphatic hydroxyl groups excluding tert-OH is 1. The predicted molar refractivity (Wildman–Crippen MR) is 104 cm³/mol. The third kappa shape index (κ3) is 7.93.